The van der Waals surface area contributed by atoms with Crippen LogP contribution in [0.15, 0.2) is 51.4 Å². The molecule has 2 aliphatic rings. The molecular weight excluding hydrogens is 326 g/mol. The van der Waals surface area contributed by atoms with Crippen LogP contribution < -0.4 is 0 Å². The van der Waals surface area contributed by atoms with Crippen molar-refractivity contribution in [3.8, 4) is 0 Å². The summed E-state index contributed by atoms with van der Waals surface area (Å²) in [7, 11) is -2.34. The Hall–Kier alpha value is -2.34. The predicted molar refractivity (Wildman–Crippen MR) is 88.9 cm³/mol. The van der Waals surface area contributed by atoms with Crippen molar-refractivity contribution < 1.29 is 17.6 Å². The number of sulfonamides is 1. The van der Waals surface area contributed by atoms with Crippen LogP contribution in [0, 0.1) is 5.92 Å². The minimum atomic E-state index is -3.73. The van der Waals surface area contributed by atoms with Gasteiger partial charge in [0.25, 0.3) is 10.0 Å². The SMILES string of the molecule is C[C@@H]1C[C@H]1c1ccc(/C=C2\C(=O)c3ccccc3S(=O)(=O)N2C)o1. The predicted octanol–water partition coefficient (Wildman–Crippen LogP) is 3.26. The highest BCUT2D eigenvalue weighted by Gasteiger charge is 2.38. The lowest BCUT2D eigenvalue weighted by atomic mass is 10.1. The second-order valence-corrected chi connectivity index (χ2v) is 8.32. The first-order valence-electron chi connectivity index (χ1n) is 7.83. The molecule has 2 atom stereocenters. The van der Waals surface area contributed by atoms with Gasteiger partial charge < -0.3 is 4.42 Å². The topological polar surface area (TPSA) is 67.6 Å². The van der Waals surface area contributed by atoms with E-state index < -0.39 is 10.0 Å². The van der Waals surface area contributed by atoms with Gasteiger partial charge in [0.05, 0.1) is 4.90 Å². The fourth-order valence-corrected chi connectivity index (χ4v) is 4.47. The summed E-state index contributed by atoms with van der Waals surface area (Å²) in [5.74, 6) is 2.11. The molecule has 1 aliphatic heterocycles. The van der Waals surface area contributed by atoms with E-state index in [0.717, 1.165) is 16.5 Å². The fraction of sp³-hybridized carbons (Fsp3) is 0.278. The van der Waals surface area contributed by atoms with Crippen LogP contribution in [0.3, 0.4) is 0 Å². The lowest BCUT2D eigenvalue weighted by molar-refractivity contribution is 0.101. The molecule has 1 aliphatic carbocycles. The molecule has 0 saturated heterocycles. The molecule has 2 heterocycles. The molecule has 5 nitrogen and oxygen atoms in total. The van der Waals surface area contributed by atoms with Crippen LogP contribution in [0.5, 0.6) is 0 Å². The van der Waals surface area contributed by atoms with Crippen molar-refractivity contribution in [2.75, 3.05) is 7.05 Å². The standard InChI is InChI=1S/C18H17NO4S/c1-11-9-14(11)16-8-7-12(23-16)10-15-18(20)13-5-3-4-6-17(13)24(21,22)19(15)2/h3-8,10-11,14H,9H2,1-2H3/b15-10+/t11-,14-/m1/s1. The van der Waals surface area contributed by atoms with E-state index in [1.165, 1.54) is 25.3 Å². The third-order valence-corrected chi connectivity index (χ3v) is 6.57. The summed E-state index contributed by atoms with van der Waals surface area (Å²) in [4.78, 5) is 12.8. The number of likely N-dealkylation sites (N-methyl/N-ethyl adjacent to an activating group) is 1. The molecule has 1 fully saturated rings. The number of benzene rings is 1. The van der Waals surface area contributed by atoms with E-state index in [1.54, 1.807) is 18.2 Å². The highest BCUT2D eigenvalue weighted by molar-refractivity contribution is 7.89. The fourth-order valence-electron chi connectivity index (χ4n) is 3.09. The van der Waals surface area contributed by atoms with Gasteiger partial charge in [0.2, 0.25) is 5.78 Å². The summed E-state index contributed by atoms with van der Waals surface area (Å²) in [6, 6.07) is 9.94. The van der Waals surface area contributed by atoms with Gasteiger partial charge in [-0.15, -0.1) is 0 Å². The molecule has 1 aromatic carbocycles. The molecule has 1 saturated carbocycles. The van der Waals surface area contributed by atoms with E-state index >= 15 is 0 Å². The molecule has 0 N–H and O–H groups in total. The van der Waals surface area contributed by atoms with Gasteiger partial charge in [-0.05, 0) is 36.6 Å². The number of ketones is 1. The smallest absolute Gasteiger partial charge is 0.264 e. The second kappa shape index (κ2) is 5.08. The summed E-state index contributed by atoms with van der Waals surface area (Å²) >= 11 is 0. The molecule has 0 spiro atoms. The molecule has 6 heteroatoms. The Balaban J connectivity index is 1.78. The van der Waals surface area contributed by atoms with Crippen molar-refractivity contribution in [2.45, 2.75) is 24.2 Å². The molecule has 124 valence electrons. The number of allylic oxidation sites excluding steroid dienone is 1. The molecular formula is C18H17NO4S. The number of hydrogen-bond donors (Lipinski definition) is 0. The quantitative estimate of drug-likeness (QED) is 0.785. The van der Waals surface area contributed by atoms with E-state index in [4.69, 9.17) is 4.42 Å². The molecule has 4 rings (SSSR count). The average Bonchev–Trinajstić information content (AvgIpc) is 3.11. The molecule has 0 radical (unpaired) electrons. The molecule has 1 aromatic heterocycles. The van der Waals surface area contributed by atoms with E-state index in [2.05, 4.69) is 6.92 Å². The van der Waals surface area contributed by atoms with Crippen molar-refractivity contribution in [2.24, 2.45) is 5.92 Å². The Morgan fingerprint density at radius 3 is 2.62 bits per heavy atom. The second-order valence-electron chi connectivity index (χ2n) is 6.39. The van der Waals surface area contributed by atoms with Crippen LogP contribution in [-0.2, 0) is 10.0 Å². The van der Waals surface area contributed by atoms with Crippen LogP contribution in [0.25, 0.3) is 6.08 Å². The number of Topliss-reactive ketones (excluding diaryl/α,β-unsaturated/α-hetero) is 1. The Morgan fingerprint density at radius 2 is 1.92 bits per heavy atom. The van der Waals surface area contributed by atoms with Gasteiger partial charge in [-0.3, -0.25) is 9.10 Å². The Labute approximate surface area is 140 Å². The maximum atomic E-state index is 12.7. The zero-order valence-corrected chi connectivity index (χ0v) is 14.2. The van der Waals surface area contributed by atoms with E-state index in [1.807, 2.05) is 6.07 Å². The Bertz CT molecular complexity index is 970. The van der Waals surface area contributed by atoms with Gasteiger partial charge in [0.1, 0.15) is 17.2 Å². The first-order valence-corrected chi connectivity index (χ1v) is 9.27. The van der Waals surface area contributed by atoms with Crippen molar-refractivity contribution in [3.63, 3.8) is 0 Å². The van der Waals surface area contributed by atoms with Gasteiger partial charge in [0, 0.05) is 24.6 Å². The maximum absolute atomic E-state index is 12.7. The number of nitrogens with zero attached hydrogens (tertiary/aromatic N) is 1. The zero-order chi connectivity index (χ0) is 17.1. The minimum Gasteiger partial charge on any atom is -0.461 e. The number of carbonyl (C=O) groups is 1. The zero-order valence-electron chi connectivity index (χ0n) is 13.4. The normalized spacial score (nSPS) is 26.5. The highest BCUT2D eigenvalue weighted by Crippen LogP contribution is 2.47. The molecule has 2 aromatic rings. The molecule has 0 unspecified atom stereocenters. The summed E-state index contributed by atoms with van der Waals surface area (Å²) in [6.07, 6.45) is 2.61. The maximum Gasteiger partial charge on any atom is 0.264 e. The van der Waals surface area contributed by atoms with Crippen molar-refractivity contribution in [1.29, 1.82) is 0 Å². The number of fused-ring (bicyclic) bond motifs is 1. The monoisotopic (exact) mass is 343 g/mol. The van der Waals surface area contributed by atoms with Gasteiger partial charge in [-0.25, -0.2) is 8.42 Å². The number of hydrogen-bond acceptors (Lipinski definition) is 4. The van der Waals surface area contributed by atoms with Gasteiger partial charge in [0.15, 0.2) is 0 Å². The summed E-state index contributed by atoms with van der Waals surface area (Å²) in [6.45, 7) is 2.16. The highest BCUT2D eigenvalue weighted by atomic mass is 32.2. The van der Waals surface area contributed by atoms with Crippen LogP contribution in [0.1, 0.15) is 41.1 Å². The third kappa shape index (κ3) is 2.21. The van der Waals surface area contributed by atoms with E-state index in [0.29, 0.717) is 17.6 Å². The van der Waals surface area contributed by atoms with Crippen LogP contribution in [0.4, 0.5) is 0 Å². The summed E-state index contributed by atoms with van der Waals surface area (Å²) in [5, 5.41) is 0. The van der Waals surface area contributed by atoms with Crippen LogP contribution >= 0.6 is 0 Å². The summed E-state index contributed by atoms with van der Waals surface area (Å²) < 4.78 is 32.0. The largest absolute Gasteiger partial charge is 0.461 e. The average molecular weight is 343 g/mol. The number of rotatable bonds is 2. The van der Waals surface area contributed by atoms with E-state index in [9.17, 15) is 13.2 Å². The van der Waals surface area contributed by atoms with Crippen LogP contribution in [-0.4, -0.2) is 25.6 Å². The van der Waals surface area contributed by atoms with Crippen molar-refractivity contribution in [1.82, 2.24) is 4.31 Å². The van der Waals surface area contributed by atoms with Gasteiger partial charge in [-0.2, -0.15) is 0 Å². The minimum absolute atomic E-state index is 0.0431. The molecule has 24 heavy (non-hydrogen) atoms. The lowest BCUT2D eigenvalue weighted by Crippen LogP contribution is -2.36. The van der Waals surface area contributed by atoms with Crippen molar-refractivity contribution in [3.05, 3.63) is 59.2 Å². The van der Waals surface area contributed by atoms with Gasteiger partial charge >= 0.3 is 0 Å². The first-order chi connectivity index (χ1) is 11.4. The number of furan rings is 1. The van der Waals surface area contributed by atoms with E-state index in [-0.39, 0.29) is 21.9 Å². The van der Waals surface area contributed by atoms with Gasteiger partial charge in [-0.1, -0.05) is 19.1 Å². The summed E-state index contributed by atoms with van der Waals surface area (Å²) in [5.41, 5.74) is 0.294. The Morgan fingerprint density at radius 1 is 1.21 bits per heavy atom. The first kappa shape index (κ1) is 15.2. The van der Waals surface area contributed by atoms with Crippen LogP contribution in [0.2, 0.25) is 0 Å². The lowest BCUT2D eigenvalue weighted by Gasteiger charge is -2.27. The molecule has 0 amide bonds. The molecule has 0 bridgehead atoms. The third-order valence-electron chi connectivity index (χ3n) is 4.74. The number of carbonyl (C=O) groups excluding carboxylic acids is 1. The van der Waals surface area contributed by atoms with Crippen molar-refractivity contribution >= 4 is 21.9 Å². The Kier molecular flexibility index (Phi) is 3.22.